The first-order valence-electron chi connectivity index (χ1n) is 14.3. The Morgan fingerprint density at radius 2 is 1.68 bits per heavy atom. The predicted molar refractivity (Wildman–Crippen MR) is 160 cm³/mol. The van der Waals surface area contributed by atoms with E-state index in [1.54, 1.807) is 6.08 Å². The molecule has 1 aliphatic rings. The quantitative estimate of drug-likeness (QED) is 0.208. The molecule has 41 heavy (non-hydrogen) atoms. The molecule has 2 amide bonds. The minimum Gasteiger partial charge on any atom is -0.447 e. The van der Waals surface area contributed by atoms with Crippen LogP contribution in [0.25, 0.3) is 0 Å². The Hall–Kier alpha value is -3.26. The summed E-state index contributed by atoms with van der Waals surface area (Å²) >= 11 is 0. The number of amides is 2. The van der Waals surface area contributed by atoms with Gasteiger partial charge in [-0.25, -0.2) is 9.69 Å². The molecule has 4 atom stereocenters. The first-order valence-corrected chi connectivity index (χ1v) is 14.3. The standard InChI is InChI=1S/C34H45NO6/c1-7-14-31(39-22-28-17-12-9-13-18-28)34(6,20-19-25(2)3)41-30(24-38-21-27-15-10-8-11-16-27)32(36)35-29(26(4)5)23-40-33(35)37/h7-13,15-19,26,29-31H,1,14,20-24H2,2-6H3/t29-,30-,31-,34+/m1/s1. The molecule has 1 aliphatic heterocycles. The average molecular weight is 564 g/mol. The molecular weight excluding hydrogens is 518 g/mol. The molecule has 0 radical (unpaired) electrons. The lowest BCUT2D eigenvalue weighted by molar-refractivity contribution is -0.190. The van der Waals surface area contributed by atoms with Crippen LogP contribution in [0.2, 0.25) is 0 Å². The molecule has 1 saturated heterocycles. The summed E-state index contributed by atoms with van der Waals surface area (Å²) in [6.07, 6.45) is 2.74. The smallest absolute Gasteiger partial charge is 0.417 e. The predicted octanol–water partition coefficient (Wildman–Crippen LogP) is 6.87. The number of nitrogens with zero attached hydrogens (tertiary/aromatic N) is 1. The van der Waals surface area contributed by atoms with Gasteiger partial charge in [-0.15, -0.1) is 6.58 Å². The maximum Gasteiger partial charge on any atom is 0.417 e. The number of imide groups is 1. The van der Waals surface area contributed by atoms with Crippen LogP contribution in [-0.4, -0.2) is 54.0 Å². The first-order chi connectivity index (χ1) is 19.6. The highest BCUT2D eigenvalue weighted by atomic mass is 16.6. The molecule has 0 bridgehead atoms. The van der Waals surface area contributed by atoms with Gasteiger partial charge in [0.25, 0.3) is 5.91 Å². The minimum atomic E-state index is -1.06. The van der Waals surface area contributed by atoms with Crippen molar-refractivity contribution in [2.75, 3.05) is 13.2 Å². The fourth-order valence-corrected chi connectivity index (χ4v) is 4.75. The maximum atomic E-state index is 14.0. The SMILES string of the molecule is C=CC[C@@H](OCc1ccccc1)[C@](C)(CC=C(C)C)O[C@H](COCc1ccccc1)C(=O)N1C(=O)OC[C@@H]1C(C)C. The van der Waals surface area contributed by atoms with Gasteiger partial charge in [0.15, 0.2) is 6.10 Å². The first kappa shape index (κ1) is 32.3. The molecule has 0 aliphatic carbocycles. The molecule has 1 heterocycles. The van der Waals surface area contributed by atoms with Crippen molar-refractivity contribution in [3.8, 4) is 0 Å². The summed E-state index contributed by atoms with van der Waals surface area (Å²) in [6, 6.07) is 19.3. The lowest BCUT2D eigenvalue weighted by Crippen LogP contribution is -2.54. The molecule has 0 spiro atoms. The number of cyclic esters (lactones) is 1. The van der Waals surface area contributed by atoms with E-state index in [-0.39, 0.29) is 25.2 Å². The van der Waals surface area contributed by atoms with Crippen molar-refractivity contribution in [1.82, 2.24) is 4.90 Å². The van der Waals surface area contributed by atoms with Gasteiger partial charge in [-0.3, -0.25) is 4.79 Å². The Kier molecular flexibility index (Phi) is 12.3. The normalized spacial score (nSPS) is 18.0. The second-order valence-electron chi connectivity index (χ2n) is 11.3. The second-order valence-corrected chi connectivity index (χ2v) is 11.3. The fourth-order valence-electron chi connectivity index (χ4n) is 4.75. The summed E-state index contributed by atoms with van der Waals surface area (Å²) in [5, 5.41) is 0. The third-order valence-corrected chi connectivity index (χ3v) is 7.25. The Morgan fingerprint density at radius 3 is 2.24 bits per heavy atom. The highest BCUT2D eigenvalue weighted by Gasteiger charge is 2.46. The Balaban J connectivity index is 1.91. The van der Waals surface area contributed by atoms with E-state index in [1.165, 1.54) is 4.90 Å². The molecule has 1 fully saturated rings. The van der Waals surface area contributed by atoms with Crippen LogP contribution in [0.1, 0.15) is 58.6 Å². The van der Waals surface area contributed by atoms with Crippen LogP contribution in [0.15, 0.2) is 85.0 Å². The lowest BCUT2D eigenvalue weighted by atomic mass is 9.90. The van der Waals surface area contributed by atoms with Crippen molar-refractivity contribution < 1.29 is 28.5 Å². The van der Waals surface area contributed by atoms with Gasteiger partial charge in [0.2, 0.25) is 0 Å². The molecule has 0 saturated carbocycles. The van der Waals surface area contributed by atoms with Gasteiger partial charge in [-0.05, 0) is 50.7 Å². The lowest BCUT2D eigenvalue weighted by Gasteiger charge is -2.40. The van der Waals surface area contributed by atoms with Crippen molar-refractivity contribution in [3.05, 3.63) is 96.1 Å². The van der Waals surface area contributed by atoms with Crippen LogP contribution in [0, 0.1) is 5.92 Å². The number of allylic oxidation sites excluding steroid dienone is 1. The minimum absolute atomic E-state index is 0.0241. The molecule has 0 aromatic heterocycles. The average Bonchev–Trinajstić information content (AvgIpc) is 3.36. The highest BCUT2D eigenvalue weighted by molar-refractivity contribution is 5.96. The molecular formula is C34H45NO6. The van der Waals surface area contributed by atoms with Crippen LogP contribution in [0.3, 0.4) is 0 Å². The zero-order chi connectivity index (χ0) is 29.8. The Labute approximate surface area is 245 Å². The molecule has 7 nitrogen and oxygen atoms in total. The Bertz CT molecular complexity index is 1140. The number of rotatable bonds is 16. The van der Waals surface area contributed by atoms with E-state index in [2.05, 4.69) is 12.7 Å². The molecule has 0 unspecified atom stereocenters. The molecule has 2 aromatic carbocycles. The van der Waals surface area contributed by atoms with Crippen molar-refractivity contribution in [1.29, 1.82) is 0 Å². The molecule has 7 heteroatoms. The number of ether oxygens (including phenoxy) is 4. The number of benzene rings is 2. The number of hydrogen-bond acceptors (Lipinski definition) is 6. The van der Waals surface area contributed by atoms with Gasteiger partial charge in [0, 0.05) is 0 Å². The topological polar surface area (TPSA) is 74.3 Å². The number of hydrogen-bond donors (Lipinski definition) is 0. The molecule has 3 rings (SSSR count). The van der Waals surface area contributed by atoms with Crippen LogP contribution in [-0.2, 0) is 37.0 Å². The summed E-state index contributed by atoms with van der Waals surface area (Å²) in [4.78, 5) is 28.0. The third kappa shape index (κ3) is 9.38. The van der Waals surface area contributed by atoms with Gasteiger partial charge in [0.1, 0.15) is 6.61 Å². The van der Waals surface area contributed by atoms with Crippen molar-refractivity contribution in [2.24, 2.45) is 5.92 Å². The Morgan fingerprint density at radius 1 is 1.07 bits per heavy atom. The summed E-state index contributed by atoms with van der Waals surface area (Å²) in [7, 11) is 0. The maximum absolute atomic E-state index is 14.0. The van der Waals surface area contributed by atoms with Crippen molar-refractivity contribution in [3.63, 3.8) is 0 Å². The van der Waals surface area contributed by atoms with Gasteiger partial charge in [-0.2, -0.15) is 0 Å². The molecule has 2 aromatic rings. The summed E-state index contributed by atoms with van der Waals surface area (Å²) < 4.78 is 24.5. The summed E-state index contributed by atoms with van der Waals surface area (Å²) in [5.41, 5.74) is 2.19. The van der Waals surface area contributed by atoms with Crippen molar-refractivity contribution in [2.45, 2.75) is 84.5 Å². The zero-order valence-electron chi connectivity index (χ0n) is 25.1. The summed E-state index contributed by atoms with van der Waals surface area (Å²) in [5.74, 6) is -0.445. The largest absolute Gasteiger partial charge is 0.447 e. The van der Waals surface area contributed by atoms with Gasteiger partial charge < -0.3 is 18.9 Å². The van der Waals surface area contributed by atoms with E-state index >= 15 is 0 Å². The second kappa shape index (κ2) is 15.7. The van der Waals surface area contributed by atoms with Crippen LogP contribution in [0.4, 0.5) is 4.79 Å². The number of carbonyl (C=O) groups excluding carboxylic acids is 2. The monoisotopic (exact) mass is 563 g/mol. The number of carbonyl (C=O) groups is 2. The van der Waals surface area contributed by atoms with Crippen LogP contribution in [0.5, 0.6) is 0 Å². The van der Waals surface area contributed by atoms with Gasteiger partial charge >= 0.3 is 6.09 Å². The van der Waals surface area contributed by atoms with E-state index in [0.29, 0.717) is 26.1 Å². The van der Waals surface area contributed by atoms with Gasteiger partial charge in [0.05, 0.1) is 37.6 Å². The van der Waals surface area contributed by atoms with E-state index < -0.39 is 29.8 Å². The molecule has 0 N–H and O–H groups in total. The summed E-state index contributed by atoms with van der Waals surface area (Å²) in [6.45, 7) is 14.7. The third-order valence-electron chi connectivity index (χ3n) is 7.25. The van der Waals surface area contributed by atoms with Gasteiger partial charge in [-0.1, -0.05) is 92.2 Å². The zero-order valence-corrected chi connectivity index (χ0v) is 25.1. The van der Waals surface area contributed by atoms with Crippen molar-refractivity contribution >= 4 is 12.0 Å². The van der Waals surface area contributed by atoms with E-state index in [0.717, 1.165) is 16.7 Å². The molecule has 222 valence electrons. The fraction of sp³-hybridized carbons (Fsp3) is 0.471. The van der Waals surface area contributed by atoms with E-state index in [4.69, 9.17) is 18.9 Å². The van der Waals surface area contributed by atoms with E-state index in [9.17, 15) is 9.59 Å². The highest BCUT2D eigenvalue weighted by Crippen LogP contribution is 2.31. The van der Waals surface area contributed by atoms with E-state index in [1.807, 2.05) is 95.3 Å². The van der Waals surface area contributed by atoms with Crippen LogP contribution < -0.4 is 0 Å². The van der Waals surface area contributed by atoms with Crippen LogP contribution >= 0.6 is 0 Å².